The van der Waals surface area contributed by atoms with Crippen molar-refractivity contribution in [1.29, 1.82) is 0 Å². The molecular weight excluding hydrogens is 261 g/mol. The summed E-state index contributed by atoms with van der Waals surface area (Å²) in [4.78, 5) is 0. The smallest absolute Gasteiger partial charge is 0.123 e. The van der Waals surface area contributed by atoms with Crippen LogP contribution < -0.4 is 5.32 Å². The quantitative estimate of drug-likeness (QED) is 0.737. The van der Waals surface area contributed by atoms with Gasteiger partial charge in [0.15, 0.2) is 0 Å². The van der Waals surface area contributed by atoms with Crippen LogP contribution in [0.2, 0.25) is 0 Å². The normalized spacial score (nSPS) is 18.1. The van der Waals surface area contributed by atoms with Gasteiger partial charge in [-0.3, -0.25) is 0 Å². The minimum absolute atomic E-state index is 0.132. The first-order chi connectivity index (χ1) is 10.1. The Morgan fingerprint density at radius 3 is 2.33 bits per heavy atom. The lowest BCUT2D eigenvalue weighted by Crippen LogP contribution is -2.32. The van der Waals surface area contributed by atoms with Crippen molar-refractivity contribution in [2.24, 2.45) is 5.41 Å². The van der Waals surface area contributed by atoms with E-state index >= 15 is 0 Å². The number of nitrogens with one attached hydrogen (secondary N) is 1. The molecule has 1 aliphatic carbocycles. The highest BCUT2D eigenvalue weighted by Crippen LogP contribution is 2.42. The highest BCUT2D eigenvalue weighted by atomic mass is 19.1. The lowest BCUT2D eigenvalue weighted by Gasteiger charge is -2.38. The summed E-state index contributed by atoms with van der Waals surface area (Å²) >= 11 is 0. The number of halogens is 1. The average molecular weight is 291 g/mol. The van der Waals surface area contributed by atoms with Crippen LogP contribution in [0.5, 0.6) is 0 Å². The van der Waals surface area contributed by atoms with Crippen LogP contribution in [-0.4, -0.2) is 12.6 Å². The second-order valence-corrected chi connectivity index (χ2v) is 7.05. The van der Waals surface area contributed by atoms with Crippen LogP contribution in [0.1, 0.15) is 64.4 Å². The molecule has 1 fully saturated rings. The van der Waals surface area contributed by atoms with Gasteiger partial charge in [0, 0.05) is 6.04 Å². The van der Waals surface area contributed by atoms with Gasteiger partial charge in [-0.25, -0.2) is 4.39 Å². The molecule has 1 aliphatic rings. The summed E-state index contributed by atoms with van der Waals surface area (Å²) in [6.45, 7) is 5.55. The van der Waals surface area contributed by atoms with E-state index < -0.39 is 0 Å². The molecule has 1 saturated carbocycles. The summed E-state index contributed by atoms with van der Waals surface area (Å²) in [6.07, 6.45) is 10.5. The molecule has 2 heteroatoms. The summed E-state index contributed by atoms with van der Waals surface area (Å²) in [7, 11) is 0. The van der Waals surface area contributed by atoms with Crippen LogP contribution in [-0.2, 0) is 6.42 Å². The summed E-state index contributed by atoms with van der Waals surface area (Å²) in [5.74, 6) is -0.132. The highest BCUT2D eigenvalue weighted by Gasteiger charge is 2.31. The Labute approximate surface area is 129 Å². The molecule has 0 amide bonds. The molecule has 0 radical (unpaired) electrons. The van der Waals surface area contributed by atoms with E-state index in [1.54, 1.807) is 12.1 Å². The van der Waals surface area contributed by atoms with Gasteiger partial charge in [-0.05, 0) is 61.8 Å². The fourth-order valence-corrected chi connectivity index (χ4v) is 3.61. The number of aryl methyl sites for hydroxylation is 1. The van der Waals surface area contributed by atoms with Crippen LogP contribution in [0.3, 0.4) is 0 Å². The molecule has 0 spiro atoms. The number of benzene rings is 1. The molecule has 1 aromatic rings. The van der Waals surface area contributed by atoms with E-state index in [0.717, 1.165) is 13.0 Å². The molecule has 0 saturated heterocycles. The fraction of sp³-hybridized carbons (Fsp3) is 0.684. The number of rotatable bonds is 7. The van der Waals surface area contributed by atoms with E-state index in [2.05, 4.69) is 19.2 Å². The van der Waals surface area contributed by atoms with E-state index in [1.165, 1.54) is 50.5 Å². The predicted octanol–water partition coefficient (Wildman–Crippen LogP) is 5.10. The third kappa shape index (κ3) is 5.43. The van der Waals surface area contributed by atoms with E-state index in [9.17, 15) is 4.39 Å². The summed E-state index contributed by atoms with van der Waals surface area (Å²) < 4.78 is 13.0. The molecule has 0 bridgehead atoms. The maximum absolute atomic E-state index is 13.0. The van der Waals surface area contributed by atoms with Crippen LogP contribution in [0.25, 0.3) is 0 Å². The van der Waals surface area contributed by atoms with Gasteiger partial charge in [-0.15, -0.1) is 0 Å². The Morgan fingerprint density at radius 1 is 1.05 bits per heavy atom. The van der Waals surface area contributed by atoms with Gasteiger partial charge in [0.1, 0.15) is 5.82 Å². The summed E-state index contributed by atoms with van der Waals surface area (Å²) in [6, 6.07) is 7.63. The topological polar surface area (TPSA) is 12.0 Å². The van der Waals surface area contributed by atoms with Crippen LogP contribution in [0.15, 0.2) is 24.3 Å². The van der Waals surface area contributed by atoms with Gasteiger partial charge in [-0.2, -0.15) is 0 Å². The maximum Gasteiger partial charge on any atom is 0.123 e. The largest absolute Gasteiger partial charge is 0.315 e. The van der Waals surface area contributed by atoms with Crippen molar-refractivity contribution in [3.05, 3.63) is 35.6 Å². The first kappa shape index (κ1) is 16.5. The number of hydrogen-bond acceptors (Lipinski definition) is 1. The zero-order valence-electron chi connectivity index (χ0n) is 13.6. The van der Waals surface area contributed by atoms with Gasteiger partial charge < -0.3 is 5.32 Å². The highest BCUT2D eigenvalue weighted by molar-refractivity contribution is 5.16. The molecule has 2 rings (SSSR count). The first-order valence-corrected chi connectivity index (χ1v) is 8.58. The van der Waals surface area contributed by atoms with Gasteiger partial charge >= 0.3 is 0 Å². The molecule has 0 aromatic heterocycles. The fourth-order valence-electron chi connectivity index (χ4n) is 3.61. The van der Waals surface area contributed by atoms with E-state index in [1.807, 2.05) is 12.1 Å². The third-order valence-electron chi connectivity index (χ3n) is 4.98. The second-order valence-electron chi connectivity index (χ2n) is 7.05. The second kappa shape index (κ2) is 7.93. The van der Waals surface area contributed by atoms with Gasteiger partial charge in [0.25, 0.3) is 0 Å². The Hall–Kier alpha value is -0.890. The Morgan fingerprint density at radius 2 is 1.71 bits per heavy atom. The lowest BCUT2D eigenvalue weighted by atomic mass is 9.68. The lowest BCUT2D eigenvalue weighted by molar-refractivity contribution is 0.155. The summed E-state index contributed by atoms with van der Waals surface area (Å²) in [5, 5.41) is 3.57. The zero-order valence-corrected chi connectivity index (χ0v) is 13.6. The monoisotopic (exact) mass is 291 g/mol. The third-order valence-corrected chi connectivity index (χ3v) is 4.98. The SMILES string of the molecule is CC(C)NCCC1(CCc2ccc(F)cc2)CCCCC1. The van der Waals surface area contributed by atoms with Gasteiger partial charge in [-0.1, -0.05) is 45.2 Å². The molecule has 0 heterocycles. The molecule has 1 aromatic carbocycles. The van der Waals surface area contributed by atoms with Crippen molar-refractivity contribution < 1.29 is 4.39 Å². The van der Waals surface area contributed by atoms with Crippen LogP contribution in [0.4, 0.5) is 4.39 Å². The molecule has 21 heavy (non-hydrogen) atoms. The Kier molecular flexibility index (Phi) is 6.22. The van der Waals surface area contributed by atoms with Gasteiger partial charge in [0.05, 0.1) is 0 Å². The predicted molar refractivity (Wildman–Crippen MR) is 88.0 cm³/mol. The molecule has 118 valence electrons. The zero-order chi connectivity index (χ0) is 15.1. The molecule has 0 aliphatic heterocycles. The molecule has 0 atom stereocenters. The van der Waals surface area contributed by atoms with Crippen molar-refractivity contribution in [3.8, 4) is 0 Å². The van der Waals surface area contributed by atoms with Crippen LogP contribution in [0, 0.1) is 11.2 Å². The van der Waals surface area contributed by atoms with E-state index in [0.29, 0.717) is 11.5 Å². The van der Waals surface area contributed by atoms with Crippen LogP contribution >= 0.6 is 0 Å². The van der Waals surface area contributed by atoms with E-state index in [-0.39, 0.29) is 5.82 Å². The molecular formula is C19H30FN. The van der Waals surface area contributed by atoms with Crippen molar-refractivity contribution in [2.75, 3.05) is 6.54 Å². The summed E-state index contributed by atoms with van der Waals surface area (Å²) in [5.41, 5.74) is 1.78. The van der Waals surface area contributed by atoms with Crippen molar-refractivity contribution in [2.45, 2.75) is 71.3 Å². The molecule has 1 nitrogen and oxygen atoms in total. The Bertz CT molecular complexity index is 404. The first-order valence-electron chi connectivity index (χ1n) is 8.58. The van der Waals surface area contributed by atoms with Crippen molar-refractivity contribution in [1.82, 2.24) is 5.32 Å². The maximum atomic E-state index is 13.0. The number of hydrogen-bond donors (Lipinski definition) is 1. The molecule has 1 N–H and O–H groups in total. The van der Waals surface area contributed by atoms with E-state index in [4.69, 9.17) is 0 Å². The standard InChI is InChI=1S/C19H30FN/c1-16(2)21-15-14-19(11-4-3-5-12-19)13-10-17-6-8-18(20)9-7-17/h6-9,16,21H,3-5,10-15H2,1-2H3. The Balaban J connectivity index is 1.90. The van der Waals surface area contributed by atoms with Crippen molar-refractivity contribution in [3.63, 3.8) is 0 Å². The molecule has 0 unspecified atom stereocenters. The van der Waals surface area contributed by atoms with Gasteiger partial charge in [0.2, 0.25) is 0 Å². The minimum Gasteiger partial charge on any atom is -0.315 e. The van der Waals surface area contributed by atoms with Crippen molar-refractivity contribution >= 4 is 0 Å². The minimum atomic E-state index is -0.132. The average Bonchev–Trinajstić information content (AvgIpc) is 2.47.